The predicted molar refractivity (Wildman–Crippen MR) is 108 cm³/mol. The van der Waals surface area contributed by atoms with Crippen molar-refractivity contribution in [2.75, 3.05) is 11.9 Å². The molecule has 1 N–H and O–H groups in total. The summed E-state index contributed by atoms with van der Waals surface area (Å²) in [5.41, 5.74) is 1.75. The molecule has 1 aromatic heterocycles. The molecule has 0 radical (unpaired) electrons. The SMILES string of the molecule is CCCOc1ccc(C2(C)Nc3ccccc3C(=O)N2Cc2ccco2)cc1. The maximum atomic E-state index is 13.4. The fourth-order valence-corrected chi connectivity index (χ4v) is 3.57. The zero-order valence-electron chi connectivity index (χ0n) is 16.1. The normalized spacial score (nSPS) is 18.5. The van der Waals surface area contributed by atoms with E-state index in [4.69, 9.17) is 9.15 Å². The van der Waals surface area contributed by atoms with Crippen molar-refractivity contribution >= 4 is 11.6 Å². The van der Waals surface area contributed by atoms with E-state index in [1.807, 2.05) is 72.5 Å². The Balaban J connectivity index is 1.73. The van der Waals surface area contributed by atoms with E-state index in [9.17, 15) is 4.79 Å². The highest BCUT2D eigenvalue weighted by atomic mass is 16.5. The second-order valence-electron chi connectivity index (χ2n) is 7.09. The molecule has 0 saturated heterocycles. The van der Waals surface area contributed by atoms with Gasteiger partial charge in [-0.2, -0.15) is 0 Å². The van der Waals surface area contributed by atoms with Crippen LogP contribution >= 0.6 is 0 Å². The number of carbonyl (C=O) groups is 1. The molecular formula is C23H24N2O3. The summed E-state index contributed by atoms with van der Waals surface area (Å²) in [6, 6.07) is 19.2. The van der Waals surface area contributed by atoms with Gasteiger partial charge >= 0.3 is 0 Å². The molecule has 1 aliphatic rings. The second kappa shape index (κ2) is 7.43. The summed E-state index contributed by atoms with van der Waals surface area (Å²) in [4.78, 5) is 15.2. The van der Waals surface area contributed by atoms with Crippen LogP contribution in [0.1, 0.15) is 41.9 Å². The quantitative estimate of drug-likeness (QED) is 0.657. The van der Waals surface area contributed by atoms with Crippen LogP contribution in [-0.2, 0) is 12.2 Å². The minimum atomic E-state index is -0.721. The number of hydrogen-bond donors (Lipinski definition) is 1. The van der Waals surface area contributed by atoms with Crippen molar-refractivity contribution in [2.24, 2.45) is 0 Å². The average Bonchev–Trinajstić information content (AvgIpc) is 3.23. The van der Waals surface area contributed by atoms with Gasteiger partial charge in [-0.3, -0.25) is 4.79 Å². The molecule has 0 fully saturated rings. The van der Waals surface area contributed by atoms with Gasteiger partial charge in [0.15, 0.2) is 0 Å². The number of benzene rings is 2. The Morgan fingerprint density at radius 1 is 1.07 bits per heavy atom. The van der Waals surface area contributed by atoms with Crippen LogP contribution in [0.15, 0.2) is 71.3 Å². The Morgan fingerprint density at radius 3 is 2.57 bits per heavy atom. The van der Waals surface area contributed by atoms with Crippen molar-refractivity contribution in [3.8, 4) is 5.75 Å². The highest BCUT2D eigenvalue weighted by Gasteiger charge is 2.42. The van der Waals surface area contributed by atoms with Crippen molar-refractivity contribution in [1.29, 1.82) is 0 Å². The molecule has 0 bridgehead atoms. The van der Waals surface area contributed by atoms with E-state index in [0.29, 0.717) is 18.7 Å². The topological polar surface area (TPSA) is 54.7 Å². The molecule has 28 heavy (non-hydrogen) atoms. The number of rotatable bonds is 6. The van der Waals surface area contributed by atoms with Gasteiger partial charge in [-0.05, 0) is 55.3 Å². The molecule has 0 saturated carbocycles. The molecule has 1 amide bonds. The Bertz CT molecular complexity index is 950. The number of carbonyl (C=O) groups excluding carboxylic acids is 1. The first-order chi connectivity index (χ1) is 13.6. The summed E-state index contributed by atoms with van der Waals surface area (Å²) in [6.45, 7) is 5.16. The van der Waals surface area contributed by atoms with Gasteiger partial charge in [-0.15, -0.1) is 0 Å². The molecular weight excluding hydrogens is 352 g/mol. The summed E-state index contributed by atoms with van der Waals surface area (Å²) in [5.74, 6) is 1.54. The lowest BCUT2D eigenvalue weighted by Gasteiger charge is -2.46. The third kappa shape index (κ3) is 3.24. The van der Waals surface area contributed by atoms with Crippen molar-refractivity contribution in [3.63, 3.8) is 0 Å². The predicted octanol–water partition coefficient (Wildman–Crippen LogP) is 5.01. The summed E-state index contributed by atoms with van der Waals surface area (Å²) >= 11 is 0. The molecule has 0 aliphatic carbocycles. The number of amides is 1. The molecule has 5 nitrogen and oxygen atoms in total. The largest absolute Gasteiger partial charge is 0.494 e. The van der Waals surface area contributed by atoms with Gasteiger partial charge in [0.1, 0.15) is 17.2 Å². The van der Waals surface area contributed by atoms with E-state index in [-0.39, 0.29) is 5.91 Å². The van der Waals surface area contributed by atoms with Gasteiger partial charge in [0.25, 0.3) is 5.91 Å². The van der Waals surface area contributed by atoms with E-state index >= 15 is 0 Å². The third-order valence-corrected chi connectivity index (χ3v) is 5.10. The van der Waals surface area contributed by atoms with Gasteiger partial charge in [-0.1, -0.05) is 31.2 Å². The fourth-order valence-electron chi connectivity index (χ4n) is 3.57. The Labute approximate surface area is 164 Å². The van der Waals surface area contributed by atoms with E-state index in [1.54, 1.807) is 6.26 Å². The van der Waals surface area contributed by atoms with Crippen molar-refractivity contribution in [2.45, 2.75) is 32.5 Å². The zero-order chi connectivity index (χ0) is 19.6. The number of anilines is 1. The third-order valence-electron chi connectivity index (χ3n) is 5.10. The molecule has 3 aromatic rings. The minimum Gasteiger partial charge on any atom is -0.494 e. The number of furan rings is 1. The maximum absolute atomic E-state index is 13.4. The lowest BCUT2D eigenvalue weighted by Crippen LogP contribution is -2.55. The van der Waals surface area contributed by atoms with E-state index in [0.717, 1.165) is 29.2 Å². The number of fused-ring (bicyclic) bond motifs is 1. The second-order valence-corrected chi connectivity index (χ2v) is 7.09. The first-order valence-corrected chi connectivity index (χ1v) is 9.56. The molecule has 1 aliphatic heterocycles. The van der Waals surface area contributed by atoms with Gasteiger partial charge in [0, 0.05) is 5.69 Å². The van der Waals surface area contributed by atoms with Gasteiger partial charge in [0.05, 0.1) is 25.0 Å². The monoisotopic (exact) mass is 376 g/mol. The van der Waals surface area contributed by atoms with E-state index in [2.05, 4.69) is 12.2 Å². The molecule has 5 heteroatoms. The number of para-hydroxylation sites is 1. The highest BCUT2D eigenvalue weighted by Crippen LogP contribution is 2.39. The lowest BCUT2D eigenvalue weighted by atomic mass is 9.93. The van der Waals surface area contributed by atoms with Crippen LogP contribution in [0.2, 0.25) is 0 Å². The number of nitrogens with zero attached hydrogens (tertiary/aromatic N) is 1. The number of nitrogens with one attached hydrogen (secondary N) is 1. The van der Waals surface area contributed by atoms with Crippen LogP contribution in [0.5, 0.6) is 5.75 Å². The van der Waals surface area contributed by atoms with Crippen molar-refractivity contribution < 1.29 is 13.9 Å². The molecule has 4 rings (SSSR count). The highest BCUT2D eigenvalue weighted by molar-refractivity contribution is 6.02. The lowest BCUT2D eigenvalue weighted by molar-refractivity contribution is 0.0487. The van der Waals surface area contributed by atoms with Crippen LogP contribution in [0.3, 0.4) is 0 Å². The Hall–Kier alpha value is -3.21. The Kier molecular flexibility index (Phi) is 4.82. The molecule has 2 heterocycles. The molecule has 144 valence electrons. The van der Waals surface area contributed by atoms with Crippen molar-refractivity contribution in [1.82, 2.24) is 4.90 Å². The summed E-state index contributed by atoms with van der Waals surface area (Å²) in [7, 11) is 0. The standard InChI is InChI=1S/C23H24N2O3/c1-3-14-27-18-12-10-17(11-13-18)23(2)24-21-9-5-4-8-20(21)22(26)25(23)16-19-7-6-15-28-19/h4-13,15,24H,3,14,16H2,1-2H3. The van der Waals surface area contributed by atoms with Crippen molar-refractivity contribution in [3.05, 3.63) is 83.8 Å². The van der Waals surface area contributed by atoms with E-state index < -0.39 is 5.66 Å². The number of ether oxygens (including phenoxy) is 1. The molecule has 1 unspecified atom stereocenters. The summed E-state index contributed by atoms with van der Waals surface area (Å²) < 4.78 is 11.2. The summed E-state index contributed by atoms with van der Waals surface area (Å²) in [5, 5.41) is 3.57. The van der Waals surface area contributed by atoms with Crippen LogP contribution in [-0.4, -0.2) is 17.4 Å². The first-order valence-electron chi connectivity index (χ1n) is 9.56. The van der Waals surface area contributed by atoms with Crippen LogP contribution in [0.4, 0.5) is 5.69 Å². The van der Waals surface area contributed by atoms with Gasteiger partial charge in [0.2, 0.25) is 0 Å². The smallest absolute Gasteiger partial charge is 0.258 e. The first kappa shape index (κ1) is 18.2. The zero-order valence-corrected chi connectivity index (χ0v) is 16.1. The molecule has 2 aromatic carbocycles. The minimum absolute atomic E-state index is 0.0282. The van der Waals surface area contributed by atoms with Gasteiger partial charge in [-0.25, -0.2) is 0 Å². The average molecular weight is 376 g/mol. The fraction of sp³-hybridized carbons (Fsp3) is 0.261. The van der Waals surface area contributed by atoms with Gasteiger partial charge < -0.3 is 19.4 Å². The van der Waals surface area contributed by atoms with Crippen LogP contribution in [0, 0.1) is 0 Å². The van der Waals surface area contributed by atoms with Crippen LogP contribution in [0.25, 0.3) is 0 Å². The Morgan fingerprint density at radius 2 is 1.86 bits per heavy atom. The van der Waals surface area contributed by atoms with Crippen LogP contribution < -0.4 is 10.1 Å². The molecule has 1 atom stereocenters. The maximum Gasteiger partial charge on any atom is 0.258 e. The number of hydrogen-bond acceptors (Lipinski definition) is 4. The summed E-state index contributed by atoms with van der Waals surface area (Å²) in [6.07, 6.45) is 2.59. The molecule has 0 spiro atoms. The van der Waals surface area contributed by atoms with E-state index in [1.165, 1.54) is 0 Å².